The van der Waals surface area contributed by atoms with Gasteiger partial charge in [-0.1, -0.05) is 19.0 Å². The molecule has 118 valence electrons. The molecule has 0 bridgehead atoms. The maximum Gasteiger partial charge on any atom is 0.290 e. The number of likely N-dealkylation sites (tertiary alicyclic amines) is 1. The molecule has 0 N–H and O–H groups in total. The van der Waals surface area contributed by atoms with Gasteiger partial charge in [0.25, 0.3) is 5.91 Å². The van der Waals surface area contributed by atoms with E-state index < -0.39 is 0 Å². The largest absolute Gasteiger partial charge is 0.459 e. The lowest BCUT2D eigenvalue weighted by molar-refractivity contribution is 0.0529. The molecule has 0 spiro atoms. The second kappa shape index (κ2) is 6.34. The number of carbonyl (C=O) groups is 1. The van der Waals surface area contributed by atoms with E-state index in [0.29, 0.717) is 24.0 Å². The summed E-state index contributed by atoms with van der Waals surface area (Å²) >= 11 is 0. The zero-order chi connectivity index (χ0) is 15.5. The summed E-state index contributed by atoms with van der Waals surface area (Å²) in [4.78, 5) is 18.9. The first-order chi connectivity index (χ1) is 10.7. The summed E-state index contributed by atoms with van der Waals surface area (Å²) in [7, 11) is 0. The summed E-state index contributed by atoms with van der Waals surface area (Å²) in [6.45, 7) is 4.85. The van der Waals surface area contributed by atoms with Crippen molar-refractivity contribution in [3.05, 3.63) is 35.9 Å². The van der Waals surface area contributed by atoms with Crippen LogP contribution in [-0.2, 0) is 0 Å². The van der Waals surface area contributed by atoms with E-state index in [9.17, 15) is 4.79 Å². The van der Waals surface area contributed by atoms with E-state index in [0.717, 1.165) is 25.7 Å². The van der Waals surface area contributed by atoms with Gasteiger partial charge >= 0.3 is 0 Å². The van der Waals surface area contributed by atoms with E-state index in [1.54, 1.807) is 17.0 Å². The van der Waals surface area contributed by atoms with Crippen LogP contribution in [0.15, 0.2) is 27.3 Å². The Morgan fingerprint density at radius 2 is 2.36 bits per heavy atom. The summed E-state index contributed by atoms with van der Waals surface area (Å²) in [5.41, 5.74) is 0. The first-order valence-corrected chi connectivity index (χ1v) is 7.88. The third-order valence-electron chi connectivity index (χ3n) is 4.29. The van der Waals surface area contributed by atoms with E-state index in [2.05, 4.69) is 24.0 Å². The minimum atomic E-state index is -0.156. The Bertz CT molecular complexity index is 620. The number of aromatic nitrogens is 2. The average Bonchev–Trinajstić information content (AvgIpc) is 3.25. The Morgan fingerprint density at radius 1 is 1.50 bits per heavy atom. The summed E-state index contributed by atoms with van der Waals surface area (Å²) in [6, 6.07) is 3.25. The van der Waals surface area contributed by atoms with Crippen LogP contribution in [0.5, 0.6) is 0 Å². The lowest BCUT2D eigenvalue weighted by Crippen LogP contribution is -2.38. The molecular weight excluding hydrogens is 282 g/mol. The van der Waals surface area contributed by atoms with Crippen molar-refractivity contribution in [2.45, 2.75) is 51.5 Å². The number of furan rings is 1. The van der Waals surface area contributed by atoms with E-state index in [-0.39, 0.29) is 17.9 Å². The van der Waals surface area contributed by atoms with Gasteiger partial charge in [0.15, 0.2) is 11.6 Å². The molecule has 6 nitrogen and oxygen atoms in total. The lowest BCUT2D eigenvalue weighted by Gasteiger charge is -2.32. The number of nitrogens with zero attached hydrogens (tertiary/aromatic N) is 3. The van der Waals surface area contributed by atoms with Crippen LogP contribution < -0.4 is 0 Å². The molecular formula is C16H21N3O3. The molecule has 1 aliphatic rings. The highest BCUT2D eigenvalue weighted by Crippen LogP contribution is 2.32. The molecule has 0 radical (unpaired) electrons. The van der Waals surface area contributed by atoms with Gasteiger partial charge in [0, 0.05) is 12.5 Å². The Morgan fingerprint density at radius 3 is 3.09 bits per heavy atom. The number of piperidine rings is 1. The summed E-state index contributed by atoms with van der Waals surface area (Å²) in [5, 5.41) is 4.07. The van der Waals surface area contributed by atoms with Gasteiger partial charge in [0.05, 0.1) is 6.26 Å². The molecule has 2 aromatic rings. The highest BCUT2D eigenvalue weighted by molar-refractivity contribution is 5.91. The predicted octanol–water partition coefficient (Wildman–Crippen LogP) is 3.54. The fourth-order valence-electron chi connectivity index (χ4n) is 2.74. The first-order valence-electron chi connectivity index (χ1n) is 7.88. The third-order valence-corrected chi connectivity index (χ3v) is 4.29. The number of amides is 1. The van der Waals surface area contributed by atoms with Crippen molar-refractivity contribution in [1.29, 1.82) is 0 Å². The van der Waals surface area contributed by atoms with E-state index in [1.807, 2.05) is 0 Å². The van der Waals surface area contributed by atoms with E-state index in [1.165, 1.54) is 6.26 Å². The standard InChI is InChI=1S/C16H21N3O3/c1-3-11(2)14-17-15(22-18-14)12-7-4-5-9-19(12)16(20)13-8-6-10-21-13/h6,8,10-12H,3-5,7,9H2,1-2H3/t11-,12-/m1/s1. The summed E-state index contributed by atoms with van der Waals surface area (Å²) in [6.07, 6.45) is 5.34. The molecule has 1 aliphatic heterocycles. The van der Waals surface area contributed by atoms with Crippen molar-refractivity contribution in [2.24, 2.45) is 0 Å². The van der Waals surface area contributed by atoms with Crippen LogP contribution in [0.25, 0.3) is 0 Å². The zero-order valence-corrected chi connectivity index (χ0v) is 13.0. The van der Waals surface area contributed by atoms with E-state index >= 15 is 0 Å². The van der Waals surface area contributed by atoms with Crippen LogP contribution in [0.1, 0.15) is 73.8 Å². The highest BCUT2D eigenvalue weighted by Gasteiger charge is 2.33. The van der Waals surface area contributed by atoms with Crippen molar-refractivity contribution in [2.75, 3.05) is 6.54 Å². The quantitative estimate of drug-likeness (QED) is 0.863. The predicted molar refractivity (Wildman–Crippen MR) is 79.3 cm³/mol. The maximum absolute atomic E-state index is 12.6. The first kappa shape index (κ1) is 14.8. The van der Waals surface area contributed by atoms with Gasteiger partial charge in [-0.05, 0) is 37.8 Å². The van der Waals surface area contributed by atoms with Gasteiger partial charge in [0.1, 0.15) is 6.04 Å². The molecule has 22 heavy (non-hydrogen) atoms. The zero-order valence-electron chi connectivity index (χ0n) is 13.0. The van der Waals surface area contributed by atoms with Crippen molar-refractivity contribution in [1.82, 2.24) is 15.0 Å². The molecule has 3 heterocycles. The van der Waals surface area contributed by atoms with Gasteiger partial charge in [-0.15, -0.1) is 0 Å². The fourth-order valence-corrected chi connectivity index (χ4v) is 2.74. The van der Waals surface area contributed by atoms with Gasteiger partial charge in [-0.3, -0.25) is 4.79 Å². The van der Waals surface area contributed by atoms with Gasteiger partial charge in [-0.25, -0.2) is 0 Å². The molecule has 3 rings (SSSR count). The Labute approximate surface area is 129 Å². The SMILES string of the molecule is CC[C@@H](C)c1noc([C@H]2CCCCN2C(=O)c2ccco2)n1. The molecule has 0 saturated carbocycles. The third kappa shape index (κ3) is 2.77. The van der Waals surface area contributed by atoms with Crippen LogP contribution in [-0.4, -0.2) is 27.5 Å². The molecule has 1 saturated heterocycles. The fraction of sp³-hybridized carbons (Fsp3) is 0.562. The van der Waals surface area contributed by atoms with Crippen LogP contribution in [0, 0.1) is 0 Å². The van der Waals surface area contributed by atoms with Crippen LogP contribution in [0.3, 0.4) is 0 Å². The van der Waals surface area contributed by atoms with Gasteiger partial charge in [-0.2, -0.15) is 4.98 Å². The highest BCUT2D eigenvalue weighted by atomic mass is 16.5. The second-order valence-corrected chi connectivity index (χ2v) is 5.79. The number of hydrogen-bond donors (Lipinski definition) is 0. The number of hydrogen-bond acceptors (Lipinski definition) is 5. The smallest absolute Gasteiger partial charge is 0.290 e. The molecule has 2 aromatic heterocycles. The van der Waals surface area contributed by atoms with Crippen molar-refractivity contribution in [3.63, 3.8) is 0 Å². The molecule has 1 amide bonds. The van der Waals surface area contributed by atoms with Crippen molar-refractivity contribution in [3.8, 4) is 0 Å². The minimum Gasteiger partial charge on any atom is -0.459 e. The number of rotatable bonds is 4. The Balaban J connectivity index is 1.83. The number of carbonyl (C=O) groups excluding carboxylic acids is 1. The monoisotopic (exact) mass is 303 g/mol. The van der Waals surface area contributed by atoms with Gasteiger partial charge in [0.2, 0.25) is 5.89 Å². The van der Waals surface area contributed by atoms with Crippen molar-refractivity contribution < 1.29 is 13.7 Å². The summed E-state index contributed by atoms with van der Waals surface area (Å²) < 4.78 is 10.7. The summed E-state index contributed by atoms with van der Waals surface area (Å²) in [5.74, 6) is 1.75. The van der Waals surface area contributed by atoms with Crippen LogP contribution in [0.2, 0.25) is 0 Å². The van der Waals surface area contributed by atoms with Gasteiger partial charge < -0.3 is 13.8 Å². The van der Waals surface area contributed by atoms with E-state index in [4.69, 9.17) is 8.94 Å². The topological polar surface area (TPSA) is 72.4 Å². The molecule has 0 aromatic carbocycles. The normalized spacial score (nSPS) is 20.1. The minimum absolute atomic E-state index is 0.113. The Hall–Kier alpha value is -2.11. The molecule has 0 aliphatic carbocycles. The van der Waals surface area contributed by atoms with Crippen molar-refractivity contribution >= 4 is 5.91 Å². The molecule has 6 heteroatoms. The molecule has 2 atom stereocenters. The average molecular weight is 303 g/mol. The lowest BCUT2D eigenvalue weighted by atomic mass is 10.0. The maximum atomic E-state index is 12.6. The van der Waals surface area contributed by atoms with Crippen LogP contribution >= 0.6 is 0 Å². The second-order valence-electron chi connectivity index (χ2n) is 5.79. The molecule has 0 unspecified atom stereocenters. The van der Waals surface area contributed by atoms with Crippen LogP contribution in [0.4, 0.5) is 0 Å². The Kier molecular flexibility index (Phi) is 4.27. The molecule has 1 fully saturated rings.